The summed E-state index contributed by atoms with van der Waals surface area (Å²) in [5.74, 6) is 0.512. The lowest BCUT2D eigenvalue weighted by Gasteiger charge is -1.97. The maximum absolute atomic E-state index is 9.22. The molecule has 0 saturated carbocycles. The molecule has 0 fully saturated rings. The Morgan fingerprint density at radius 3 is 2.73 bits per heavy atom. The molecule has 0 unspecified atom stereocenters. The molecule has 11 heavy (non-hydrogen) atoms. The van der Waals surface area contributed by atoms with Gasteiger partial charge in [0.05, 0.1) is 5.76 Å². The molecular weight excluding hydrogens is 136 g/mol. The number of hydrogen-bond acceptors (Lipinski definition) is 1. The van der Waals surface area contributed by atoms with Crippen molar-refractivity contribution in [2.75, 3.05) is 0 Å². The summed E-state index contributed by atoms with van der Waals surface area (Å²) < 4.78 is 0. The maximum Gasteiger partial charge on any atom is 0.0886 e. The van der Waals surface area contributed by atoms with Gasteiger partial charge in [0.1, 0.15) is 0 Å². The zero-order valence-corrected chi connectivity index (χ0v) is 7.34. The van der Waals surface area contributed by atoms with E-state index in [-0.39, 0.29) is 0 Å². The van der Waals surface area contributed by atoms with Gasteiger partial charge in [-0.15, -0.1) is 6.58 Å². The van der Waals surface area contributed by atoms with Crippen LogP contribution in [0.1, 0.15) is 39.0 Å². The van der Waals surface area contributed by atoms with Gasteiger partial charge in [0.25, 0.3) is 0 Å². The Kier molecular flexibility index (Phi) is 6.90. The van der Waals surface area contributed by atoms with E-state index in [4.69, 9.17) is 0 Å². The van der Waals surface area contributed by atoms with Gasteiger partial charge in [-0.1, -0.05) is 25.8 Å². The minimum atomic E-state index is 0.512. The highest BCUT2D eigenvalue weighted by Crippen LogP contribution is 2.06. The van der Waals surface area contributed by atoms with E-state index in [1.807, 2.05) is 6.08 Å². The predicted molar refractivity (Wildman–Crippen MR) is 49.7 cm³/mol. The van der Waals surface area contributed by atoms with Crippen molar-refractivity contribution in [3.05, 3.63) is 24.5 Å². The van der Waals surface area contributed by atoms with Crippen molar-refractivity contribution in [2.24, 2.45) is 0 Å². The summed E-state index contributed by atoms with van der Waals surface area (Å²) in [6.07, 6.45) is 8.70. The van der Waals surface area contributed by atoms with E-state index in [0.717, 1.165) is 19.3 Å². The molecule has 1 nitrogen and oxygen atoms in total. The fourth-order valence-corrected chi connectivity index (χ4v) is 0.878. The summed E-state index contributed by atoms with van der Waals surface area (Å²) >= 11 is 0. The molecule has 64 valence electrons. The van der Waals surface area contributed by atoms with Crippen LogP contribution in [0, 0.1) is 0 Å². The van der Waals surface area contributed by atoms with Crippen LogP contribution < -0.4 is 0 Å². The second kappa shape index (κ2) is 7.39. The van der Waals surface area contributed by atoms with E-state index in [2.05, 4.69) is 13.5 Å². The van der Waals surface area contributed by atoms with Gasteiger partial charge in [-0.25, -0.2) is 0 Å². The molecule has 0 atom stereocenters. The molecule has 0 aliphatic carbocycles. The van der Waals surface area contributed by atoms with Crippen LogP contribution in [0.3, 0.4) is 0 Å². The number of aliphatic hydroxyl groups excluding tert-OH is 1. The summed E-state index contributed by atoms with van der Waals surface area (Å²) in [5, 5.41) is 9.22. The SMILES string of the molecule is C=CCC=C(O)CCCCC. The number of unbranched alkanes of at least 4 members (excludes halogenated alkanes) is 2. The smallest absolute Gasteiger partial charge is 0.0886 e. The first-order chi connectivity index (χ1) is 5.31. The van der Waals surface area contributed by atoms with Gasteiger partial charge in [-0.3, -0.25) is 0 Å². The van der Waals surface area contributed by atoms with Crippen LogP contribution in [0.4, 0.5) is 0 Å². The lowest BCUT2D eigenvalue weighted by atomic mass is 10.1. The number of rotatable bonds is 6. The number of hydrogen-bond donors (Lipinski definition) is 1. The van der Waals surface area contributed by atoms with E-state index in [9.17, 15) is 5.11 Å². The van der Waals surface area contributed by atoms with E-state index >= 15 is 0 Å². The number of aliphatic hydroxyl groups is 1. The molecule has 0 heterocycles. The Morgan fingerprint density at radius 1 is 1.45 bits per heavy atom. The average Bonchev–Trinajstić information content (AvgIpc) is 2.01. The summed E-state index contributed by atoms with van der Waals surface area (Å²) in [6.45, 7) is 5.73. The van der Waals surface area contributed by atoms with Gasteiger partial charge in [0, 0.05) is 6.42 Å². The van der Waals surface area contributed by atoms with E-state index in [1.54, 1.807) is 6.08 Å². The molecule has 1 N–H and O–H groups in total. The van der Waals surface area contributed by atoms with Gasteiger partial charge in [-0.05, 0) is 18.9 Å². The molecule has 0 aromatic rings. The second-order valence-electron chi connectivity index (χ2n) is 2.68. The van der Waals surface area contributed by atoms with Crippen LogP contribution in [-0.2, 0) is 0 Å². The van der Waals surface area contributed by atoms with Crippen LogP contribution >= 0.6 is 0 Å². The van der Waals surface area contributed by atoms with Gasteiger partial charge in [0.2, 0.25) is 0 Å². The summed E-state index contributed by atoms with van der Waals surface area (Å²) in [7, 11) is 0. The highest BCUT2D eigenvalue weighted by Gasteiger charge is 1.90. The molecule has 0 aromatic heterocycles. The van der Waals surface area contributed by atoms with Crippen molar-refractivity contribution >= 4 is 0 Å². The van der Waals surface area contributed by atoms with Crippen LogP contribution in [0.25, 0.3) is 0 Å². The topological polar surface area (TPSA) is 20.2 Å². The first-order valence-corrected chi connectivity index (χ1v) is 4.30. The molecule has 0 amide bonds. The molecule has 0 saturated heterocycles. The predicted octanol–water partition coefficient (Wildman–Crippen LogP) is 3.58. The lowest BCUT2D eigenvalue weighted by molar-refractivity contribution is 0.379. The highest BCUT2D eigenvalue weighted by molar-refractivity contribution is 4.94. The van der Waals surface area contributed by atoms with Crippen molar-refractivity contribution in [2.45, 2.75) is 39.0 Å². The highest BCUT2D eigenvalue weighted by atomic mass is 16.3. The van der Waals surface area contributed by atoms with Gasteiger partial charge in [0.15, 0.2) is 0 Å². The minimum absolute atomic E-state index is 0.512. The van der Waals surface area contributed by atoms with Crippen LogP contribution in [0.2, 0.25) is 0 Å². The Labute approximate surface area is 69.4 Å². The van der Waals surface area contributed by atoms with E-state index in [1.165, 1.54) is 12.8 Å². The molecule has 0 spiro atoms. The molecule has 1 heteroatoms. The van der Waals surface area contributed by atoms with Crippen molar-refractivity contribution in [1.82, 2.24) is 0 Å². The quantitative estimate of drug-likeness (QED) is 0.352. The number of allylic oxidation sites excluding steroid dienone is 3. The molecule has 0 bridgehead atoms. The molecule has 0 rings (SSSR count). The van der Waals surface area contributed by atoms with Crippen LogP contribution in [-0.4, -0.2) is 5.11 Å². The standard InChI is InChI=1S/C10H18O/c1-3-5-7-9-10(11)8-6-4-2/h4,8,11H,2-3,5-7,9H2,1H3. The third-order valence-corrected chi connectivity index (χ3v) is 1.56. The van der Waals surface area contributed by atoms with E-state index in [0.29, 0.717) is 5.76 Å². The van der Waals surface area contributed by atoms with Crippen molar-refractivity contribution in [1.29, 1.82) is 0 Å². The third kappa shape index (κ3) is 7.17. The van der Waals surface area contributed by atoms with E-state index < -0.39 is 0 Å². The summed E-state index contributed by atoms with van der Waals surface area (Å²) in [6, 6.07) is 0. The molecule has 0 aromatic carbocycles. The normalized spacial score (nSPS) is 11.5. The molecule has 0 radical (unpaired) electrons. The maximum atomic E-state index is 9.22. The zero-order chi connectivity index (χ0) is 8.53. The third-order valence-electron chi connectivity index (χ3n) is 1.56. The Bertz CT molecular complexity index is 125. The van der Waals surface area contributed by atoms with Gasteiger partial charge in [-0.2, -0.15) is 0 Å². The Morgan fingerprint density at radius 2 is 2.18 bits per heavy atom. The Balaban J connectivity index is 3.34. The fraction of sp³-hybridized carbons (Fsp3) is 0.600. The largest absolute Gasteiger partial charge is 0.513 e. The van der Waals surface area contributed by atoms with Crippen molar-refractivity contribution in [3.63, 3.8) is 0 Å². The van der Waals surface area contributed by atoms with Crippen molar-refractivity contribution in [3.8, 4) is 0 Å². The molecule has 0 aliphatic rings. The van der Waals surface area contributed by atoms with Crippen LogP contribution in [0.5, 0.6) is 0 Å². The molecular formula is C10H18O. The summed E-state index contributed by atoms with van der Waals surface area (Å²) in [4.78, 5) is 0. The van der Waals surface area contributed by atoms with Gasteiger partial charge >= 0.3 is 0 Å². The minimum Gasteiger partial charge on any atom is -0.513 e. The second-order valence-corrected chi connectivity index (χ2v) is 2.68. The fourth-order valence-electron chi connectivity index (χ4n) is 0.878. The molecule has 0 aliphatic heterocycles. The Hall–Kier alpha value is -0.720. The lowest BCUT2D eigenvalue weighted by Crippen LogP contribution is -1.81. The monoisotopic (exact) mass is 154 g/mol. The first kappa shape index (κ1) is 10.3. The van der Waals surface area contributed by atoms with Gasteiger partial charge < -0.3 is 5.11 Å². The first-order valence-electron chi connectivity index (χ1n) is 4.30. The van der Waals surface area contributed by atoms with Crippen LogP contribution in [0.15, 0.2) is 24.5 Å². The van der Waals surface area contributed by atoms with Crippen molar-refractivity contribution < 1.29 is 5.11 Å². The summed E-state index contributed by atoms with van der Waals surface area (Å²) in [5.41, 5.74) is 0. The zero-order valence-electron chi connectivity index (χ0n) is 7.34. The average molecular weight is 154 g/mol.